The van der Waals surface area contributed by atoms with Gasteiger partial charge in [0.05, 0.1) is 0 Å². The van der Waals surface area contributed by atoms with Gasteiger partial charge in [-0.1, -0.05) is 32.0 Å². The van der Waals surface area contributed by atoms with Gasteiger partial charge in [0.25, 0.3) is 0 Å². The quantitative estimate of drug-likeness (QED) is 0.530. The molecule has 2 saturated carbocycles. The maximum atomic E-state index is 13.0. The van der Waals surface area contributed by atoms with Crippen LogP contribution in [-0.4, -0.2) is 79.8 Å². The average molecular weight is 499 g/mol. The summed E-state index contributed by atoms with van der Waals surface area (Å²) in [5.74, 6) is 1.33. The van der Waals surface area contributed by atoms with E-state index in [0.29, 0.717) is 30.5 Å². The lowest BCUT2D eigenvalue weighted by Gasteiger charge is -2.44. The van der Waals surface area contributed by atoms with Crippen LogP contribution in [0.2, 0.25) is 0 Å². The van der Waals surface area contributed by atoms with E-state index < -0.39 is 6.41 Å². The summed E-state index contributed by atoms with van der Waals surface area (Å²) in [5, 5.41) is 13.7. The molecule has 7 heteroatoms. The van der Waals surface area contributed by atoms with Crippen molar-refractivity contribution in [1.29, 1.82) is 0 Å². The van der Waals surface area contributed by atoms with Crippen molar-refractivity contribution >= 4 is 11.7 Å². The van der Waals surface area contributed by atoms with Gasteiger partial charge in [-0.3, -0.25) is 10.2 Å². The van der Waals surface area contributed by atoms with E-state index in [1.54, 1.807) is 4.90 Å². The summed E-state index contributed by atoms with van der Waals surface area (Å²) < 4.78 is 5.41. The fourth-order valence-corrected chi connectivity index (χ4v) is 8.18. The summed E-state index contributed by atoms with van der Waals surface area (Å²) in [7, 11) is 3.68. The van der Waals surface area contributed by atoms with Crippen molar-refractivity contribution in [3.05, 3.63) is 29.8 Å². The summed E-state index contributed by atoms with van der Waals surface area (Å²) in [5.41, 5.74) is 2.79. The van der Waals surface area contributed by atoms with Crippen LogP contribution in [0.25, 0.3) is 0 Å². The molecule has 6 atom stereocenters. The number of hydrogen-bond acceptors (Lipinski definition) is 5. The van der Waals surface area contributed by atoms with Gasteiger partial charge in [0.1, 0.15) is 0 Å². The molecule has 0 aromatic heterocycles. The summed E-state index contributed by atoms with van der Waals surface area (Å²) in [6.45, 7) is 10.1. The number of carbonyl (C=O) groups excluding carboxylic acids is 1. The second-order valence-corrected chi connectivity index (χ2v) is 12.0. The monoisotopic (exact) mass is 498 g/mol. The number of aliphatic hydroxyl groups excluding tert-OH is 1. The van der Waals surface area contributed by atoms with E-state index in [0.717, 1.165) is 44.6 Å². The number of amides is 2. The highest BCUT2D eigenvalue weighted by molar-refractivity contribution is 5.95. The fraction of sp³-hybridized carbons (Fsp3) is 0.759. The molecule has 1 aromatic carbocycles. The van der Waals surface area contributed by atoms with E-state index in [2.05, 4.69) is 48.3 Å². The van der Waals surface area contributed by atoms with Crippen molar-refractivity contribution in [3.63, 3.8) is 0 Å². The molecule has 3 fully saturated rings. The van der Waals surface area contributed by atoms with E-state index in [1.165, 1.54) is 24.8 Å². The first-order valence-electron chi connectivity index (χ1n) is 14.2. The molecule has 2 aliphatic carbocycles. The zero-order chi connectivity index (χ0) is 25.7. The Balaban J connectivity index is 1.28. The van der Waals surface area contributed by atoms with Gasteiger partial charge in [-0.05, 0) is 87.4 Å². The second-order valence-electron chi connectivity index (χ2n) is 12.0. The molecule has 0 bridgehead atoms. The molecule has 2 heterocycles. The summed E-state index contributed by atoms with van der Waals surface area (Å²) in [6, 6.07) is 9.54. The number of likely N-dealkylation sites (tertiary alicyclic amines) is 1. The molecular formula is C29H46N4O3. The lowest BCUT2D eigenvalue weighted by molar-refractivity contribution is -0.120. The molecule has 2 aliphatic heterocycles. The number of hydrogen-bond donors (Lipinski definition) is 2. The van der Waals surface area contributed by atoms with Crippen molar-refractivity contribution in [2.45, 2.75) is 83.2 Å². The third-order valence-corrected chi connectivity index (χ3v) is 10.2. The summed E-state index contributed by atoms with van der Waals surface area (Å²) >= 11 is 0. The lowest BCUT2D eigenvalue weighted by atomic mass is 9.73. The Morgan fingerprint density at radius 1 is 1.22 bits per heavy atom. The van der Waals surface area contributed by atoms with Crippen molar-refractivity contribution in [1.82, 2.24) is 15.1 Å². The standard InChI is InChI=1S/C29H46N4O3/c1-6-21(18-29-20(3)12-13-23(29)25(29)30-26(34)36-7-2)32-16-14-28(15-17-32)19-33(27(35)31(4)5)24-11-9-8-10-22(24)28/h8-11,20-21,23,25-26,30,34H,6-7,12-19H2,1-5H3/t20-,21?,23?,25?,26?,29?/m0/s1. The third-order valence-electron chi connectivity index (χ3n) is 10.2. The Kier molecular flexibility index (Phi) is 7.14. The molecule has 7 nitrogen and oxygen atoms in total. The van der Waals surface area contributed by atoms with Gasteiger partial charge in [0, 0.05) is 50.4 Å². The van der Waals surface area contributed by atoms with E-state index in [1.807, 2.05) is 25.9 Å². The number of carbonyl (C=O) groups is 1. The number of ether oxygens (including phenoxy) is 1. The number of piperidine rings is 1. The highest BCUT2D eigenvalue weighted by atomic mass is 16.6. The SMILES string of the molecule is CCOC(O)NC1C2CC[C@H](C)C21CC(CC)N1CCC2(CC1)CN(C(=O)N(C)C)c1ccccc12. The normalized spacial score (nSPS) is 32.3. The maximum absolute atomic E-state index is 13.0. The minimum absolute atomic E-state index is 0.0593. The molecule has 0 radical (unpaired) electrons. The number of rotatable bonds is 8. The van der Waals surface area contributed by atoms with Crippen LogP contribution in [0.5, 0.6) is 0 Å². The van der Waals surface area contributed by atoms with E-state index >= 15 is 0 Å². The van der Waals surface area contributed by atoms with Crippen LogP contribution >= 0.6 is 0 Å². The third kappa shape index (κ3) is 4.16. The second kappa shape index (κ2) is 9.90. The predicted molar refractivity (Wildman–Crippen MR) is 143 cm³/mol. The van der Waals surface area contributed by atoms with E-state index in [4.69, 9.17) is 4.74 Å². The molecule has 2 amide bonds. The van der Waals surface area contributed by atoms with Gasteiger partial charge in [-0.15, -0.1) is 0 Å². The first-order chi connectivity index (χ1) is 17.3. The first-order valence-corrected chi connectivity index (χ1v) is 14.2. The number of aliphatic hydroxyl groups is 1. The smallest absolute Gasteiger partial charge is 0.323 e. The number of benzene rings is 1. The molecule has 1 aromatic rings. The van der Waals surface area contributed by atoms with Gasteiger partial charge in [0.15, 0.2) is 0 Å². The van der Waals surface area contributed by atoms with Crippen LogP contribution in [0.4, 0.5) is 10.5 Å². The zero-order valence-corrected chi connectivity index (χ0v) is 22.9. The minimum atomic E-state index is -0.861. The van der Waals surface area contributed by atoms with E-state index in [-0.39, 0.29) is 16.9 Å². The Morgan fingerprint density at radius 3 is 2.61 bits per heavy atom. The highest BCUT2D eigenvalue weighted by Gasteiger charge is 2.70. The topological polar surface area (TPSA) is 68.3 Å². The van der Waals surface area contributed by atoms with Crippen LogP contribution in [0, 0.1) is 17.3 Å². The van der Waals surface area contributed by atoms with Crippen LogP contribution in [0.1, 0.15) is 64.9 Å². The van der Waals surface area contributed by atoms with Gasteiger partial charge >= 0.3 is 6.03 Å². The number of nitrogens with zero attached hydrogens (tertiary/aromatic N) is 3. The molecule has 1 spiro atoms. The molecule has 5 unspecified atom stereocenters. The van der Waals surface area contributed by atoms with Gasteiger partial charge in [-0.2, -0.15) is 0 Å². The van der Waals surface area contributed by atoms with Crippen molar-refractivity contribution in [2.75, 3.05) is 45.2 Å². The molecule has 1 saturated heterocycles. The Hall–Kier alpha value is -1.67. The number of anilines is 1. The Labute approximate surface area is 217 Å². The number of para-hydroxylation sites is 1. The molecule has 5 rings (SSSR count). The maximum Gasteiger partial charge on any atom is 0.323 e. The largest absolute Gasteiger partial charge is 0.356 e. The van der Waals surface area contributed by atoms with E-state index in [9.17, 15) is 9.90 Å². The van der Waals surface area contributed by atoms with Gasteiger partial charge < -0.3 is 19.6 Å². The van der Waals surface area contributed by atoms with Crippen molar-refractivity contribution in [3.8, 4) is 0 Å². The first kappa shape index (κ1) is 26.0. The molecule has 4 aliphatic rings. The average Bonchev–Trinajstić information content (AvgIpc) is 3.16. The number of nitrogens with one attached hydrogen (secondary N) is 1. The van der Waals surface area contributed by atoms with Gasteiger partial charge in [0.2, 0.25) is 6.41 Å². The number of fused-ring (bicyclic) bond motifs is 3. The van der Waals surface area contributed by atoms with Crippen LogP contribution in [-0.2, 0) is 10.2 Å². The number of urea groups is 1. The molecular weight excluding hydrogens is 452 g/mol. The Morgan fingerprint density at radius 2 is 1.94 bits per heavy atom. The van der Waals surface area contributed by atoms with Crippen LogP contribution < -0.4 is 10.2 Å². The predicted octanol–water partition coefficient (Wildman–Crippen LogP) is 4.01. The molecule has 36 heavy (non-hydrogen) atoms. The lowest BCUT2D eigenvalue weighted by Crippen LogP contribution is -2.50. The van der Waals surface area contributed by atoms with Crippen molar-refractivity contribution in [2.24, 2.45) is 17.3 Å². The molecule has 2 N–H and O–H groups in total. The Bertz CT molecular complexity index is 946. The highest BCUT2D eigenvalue weighted by Crippen LogP contribution is 2.69. The fourth-order valence-electron chi connectivity index (χ4n) is 8.18. The van der Waals surface area contributed by atoms with Crippen molar-refractivity contribution < 1.29 is 14.6 Å². The summed E-state index contributed by atoms with van der Waals surface area (Å²) in [4.78, 5) is 19.4. The van der Waals surface area contributed by atoms with Crippen LogP contribution in [0.3, 0.4) is 0 Å². The van der Waals surface area contributed by atoms with Crippen LogP contribution in [0.15, 0.2) is 24.3 Å². The minimum Gasteiger partial charge on any atom is -0.356 e. The zero-order valence-electron chi connectivity index (χ0n) is 22.9. The molecule has 200 valence electrons. The summed E-state index contributed by atoms with van der Waals surface area (Å²) in [6.07, 6.45) is 6.21. The van der Waals surface area contributed by atoms with Gasteiger partial charge in [-0.25, -0.2) is 4.79 Å².